The molecular weight excluding hydrogens is 250 g/mol. The molecule has 18 heavy (non-hydrogen) atoms. The Labute approximate surface area is 109 Å². The lowest BCUT2D eigenvalue weighted by Gasteiger charge is -2.12. The predicted octanol–water partition coefficient (Wildman–Crippen LogP) is 0.937. The summed E-state index contributed by atoms with van der Waals surface area (Å²) in [7, 11) is -0.816. The largest absolute Gasteiger partial charge is 0.397 e. The lowest BCUT2D eigenvalue weighted by molar-refractivity contribution is 0.100. The van der Waals surface area contributed by atoms with Gasteiger partial charge in [-0.25, -0.2) is 0 Å². The molecule has 1 aromatic carbocycles. The second kappa shape index (κ2) is 6.39. The molecule has 0 radical (unpaired) electrons. The van der Waals surface area contributed by atoms with Gasteiger partial charge >= 0.3 is 0 Å². The molecule has 0 saturated carbocycles. The van der Waals surface area contributed by atoms with E-state index in [9.17, 15) is 9.00 Å². The number of hydrogen-bond donors (Lipinski definition) is 3. The van der Waals surface area contributed by atoms with Crippen LogP contribution in [0.3, 0.4) is 0 Å². The highest BCUT2D eigenvalue weighted by atomic mass is 32.2. The number of carbonyl (C=O) groups excluding carboxylic acids is 1. The van der Waals surface area contributed by atoms with Crippen LogP contribution in [-0.2, 0) is 10.8 Å². The van der Waals surface area contributed by atoms with Gasteiger partial charge in [-0.3, -0.25) is 9.00 Å². The minimum absolute atomic E-state index is 0.142. The minimum atomic E-state index is -0.816. The number of benzene rings is 1. The van der Waals surface area contributed by atoms with Crippen molar-refractivity contribution in [2.45, 2.75) is 18.6 Å². The van der Waals surface area contributed by atoms with E-state index in [1.807, 2.05) is 6.92 Å². The molecule has 1 amide bonds. The normalized spacial score (nSPS) is 13.9. The summed E-state index contributed by atoms with van der Waals surface area (Å²) in [4.78, 5) is 11.0. The van der Waals surface area contributed by atoms with Crippen LogP contribution in [0.4, 0.5) is 11.4 Å². The van der Waals surface area contributed by atoms with E-state index < -0.39 is 16.7 Å². The zero-order valence-electron chi connectivity index (χ0n) is 10.6. The molecule has 0 aliphatic rings. The highest BCUT2D eigenvalue weighted by molar-refractivity contribution is 7.84. The maximum absolute atomic E-state index is 11.2. The molecule has 0 aliphatic carbocycles. The van der Waals surface area contributed by atoms with Crippen LogP contribution in [0.5, 0.6) is 0 Å². The van der Waals surface area contributed by atoms with Gasteiger partial charge < -0.3 is 16.8 Å². The fraction of sp³-hybridized carbons (Fsp3) is 0.417. The lowest BCUT2D eigenvalue weighted by atomic mass is 10.1. The summed E-state index contributed by atoms with van der Waals surface area (Å²) in [5.41, 5.74) is 12.6. The Morgan fingerprint density at radius 2 is 2.17 bits per heavy atom. The fourth-order valence-electron chi connectivity index (χ4n) is 1.45. The Bertz CT molecular complexity index is 463. The summed E-state index contributed by atoms with van der Waals surface area (Å²) in [6.07, 6.45) is 2.49. The quantitative estimate of drug-likeness (QED) is 0.669. The van der Waals surface area contributed by atoms with E-state index in [1.54, 1.807) is 24.5 Å². The summed E-state index contributed by atoms with van der Waals surface area (Å²) < 4.78 is 11.2. The van der Waals surface area contributed by atoms with E-state index >= 15 is 0 Å². The summed E-state index contributed by atoms with van der Waals surface area (Å²) in [5.74, 6) is -0.497. The van der Waals surface area contributed by atoms with Gasteiger partial charge in [0, 0.05) is 34.4 Å². The first-order valence-electron chi connectivity index (χ1n) is 5.67. The fourth-order valence-corrected chi connectivity index (χ4v) is 1.90. The van der Waals surface area contributed by atoms with Gasteiger partial charge in [-0.05, 0) is 24.6 Å². The number of nitrogens with two attached hydrogens (primary N) is 2. The van der Waals surface area contributed by atoms with Gasteiger partial charge in [0.1, 0.15) is 0 Å². The van der Waals surface area contributed by atoms with Crippen molar-refractivity contribution in [3.63, 3.8) is 0 Å². The molecule has 100 valence electrons. The molecule has 5 nitrogen and oxygen atoms in total. The van der Waals surface area contributed by atoms with Gasteiger partial charge in [0.15, 0.2) is 0 Å². The highest BCUT2D eigenvalue weighted by Gasteiger charge is 2.07. The number of anilines is 2. The number of nitrogen functional groups attached to an aromatic ring is 1. The molecule has 1 aromatic rings. The summed E-state index contributed by atoms with van der Waals surface area (Å²) in [6, 6.07) is 4.90. The van der Waals surface area contributed by atoms with Crippen molar-refractivity contribution in [1.29, 1.82) is 0 Å². The number of hydrogen-bond acceptors (Lipinski definition) is 4. The Morgan fingerprint density at radius 1 is 1.50 bits per heavy atom. The Kier molecular flexibility index (Phi) is 5.15. The van der Waals surface area contributed by atoms with E-state index in [1.165, 1.54) is 0 Å². The van der Waals surface area contributed by atoms with Crippen LogP contribution in [-0.4, -0.2) is 28.2 Å². The zero-order chi connectivity index (χ0) is 13.7. The molecule has 0 heterocycles. The Hall–Kier alpha value is -1.56. The van der Waals surface area contributed by atoms with E-state index in [-0.39, 0.29) is 5.25 Å². The van der Waals surface area contributed by atoms with Crippen molar-refractivity contribution in [1.82, 2.24) is 0 Å². The van der Waals surface area contributed by atoms with E-state index in [0.29, 0.717) is 17.8 Å². The van der Waals surface area contributed by atoms with Gasteiger partial charge in [-0.2, -0.15) is 0 Å². The maximum Gasteiger partial charge on any atom is 0.248 e. The third-order valence-corrected chi connectivity index (χ3v) is 4.14. The average Bonchev–Trinajstić information content (AvgIpc) is 2.30. The molecule has 0 fully saturated rings. The van der Waals surface area contributed by atoms with Crippen molar-refractivity contribution in [3.8, 4) is 0 Å². The molecule has 1 rings (SSSR count). The molecule has 0 aliphatic heterocycles. The number of rotatable bonds is 6. The molecular formula is C12H19N3O2S. The van der Waals surface area contributed by atoms with Crippen molar-refractivity contribution in [2.75, 3.05) is 23.9 Å². The molecule has 2 unspecified atom stereocenters. The second-order valence-corrected chi connectivity index (χ2v) is 5.99. The zero-order valence-corrected chi connectivity index (χ0v) is 11.4. The number of nitrogens with one attached hydrogen (secondary N) is 1. The van der Waals surface area contributed by atoms with Crippen LogP contribution >= 0.6 is 0 Å². The number of amides is 1. The van der Waals surface area contributed by atoms with E-state index in [4.69, 9.17) is 11.5 Å². The lowest BCUT2D eigenvalue weighted by Crippen LogP contribution is -2.16. The minimum Gasteiger partial charge on any atom is -0.397 e. The van der Waals surface area contributed by atoms with E-state index in [2.05, 4.69) is 5.32 Å². The Balaban J connectivity index is 2.58. The predicted molar refractivity (Wildman–Crippen MR) is 76.0 cm³/mol. The van der Waals surface area contributed by atoms with Crippen LogP contribution in [0.25, 0.3) is 0 Å². The standard InChI is InChI=1S/C12H19N3O2S/c1-8(18(2)17)5-6-15-11-4-3-9(12(14)16)7-10(11)13/h3-4,7-8,15H,5-6,13H2,1-2H3,(H2,14,16). The summed E-state index contributed by atoms with van der Waals surface area (Å²) >= 11 is 0. The molecule has 0 aromatic heterocycles. The molecule has 0 spiro atoms. The second-order valence-electron chi connectivity index (χ2n) is 4.19. The molecule has 0 saturated heterocycles. The third-order valence-electron chi connectivity index (χ3n) is 2.77. The van der Waals surface area contributed by atoms with Crippen LogP contribution in [0.1, 0.15) is 23.7 Å². The van der Waals surface area contributed by atoms with Gasteiger partial charge in [0.05, 0.1) is 11.4 Å². The van der Waals surface area contributed by atoms with Crippen LogP contribution < -0.4 is 16.8 Å². The van der Waals surface area contributed by atoms with Crippen molar-refractivity contribution in [3.05, 3.63) is 23.8 Å². The average molecular weight is 269 g/mol. The van der Waals surface area contributed by atoms with Gasteiger partial charge in [0.25, 0.3) is 0 Å². The van der Waals surface area contributed by atoms with Gasteiger partial charge in [-0.15, -0.1) is 0 Å². The SMILES string of the molecule is CC(CCNc1ccc(C(N)=O)cc1N)S(C)=O. The monoisotopic (exact) mass is 269 g/mol. The third kappa shape index (κ3) is 4.03. The molecule has 0 bridgehead atoms. The molecule has 2 atom stereocenters. The maximum atomic E-state index is 11.2. The van der Waals surface area contributed by atoms with Crippen LogP contribution in [0.15, 0.2) is 18.2 Å². The van der Waals surface area contributed by atoms with Crippen LogP contribution in [0.2, 0.25) is 0 Å². The van der Waals surface area contributed by atoms with Crippen molar-refractivity contribution >= 4 is 28.1 Å². The van der Waals surface area contributed by atoms with Gasteiger partial charge in [0.2, 0.25) is 5.91 Å². The van der Waals surface area contributed by atoms with Crippen LogP contribution in [0, 0.1) is 0 Å². The first-order valence-corrected chi connectivity index (χ1v) is 7.29. The number of primary amides is 1. The van der Waals surface area contributed by atoms with E-state index in [0.717, 1.165) is 12.1 Å². The summed E-state index contributed by atoms with van der Waals surface area (Å²) in [5, 5.41) is 3.30. The first-order chi connectivity index (χ1) is 8.41. The van der Waals surface area contributed by atoms with Crippen molar-refractivity contribution < 1.29 is 9.00 Å². The first kappa shape index (κ1) is 14.5. The summed E-state index contributed by atoms with van der Waals surface area (Å²) in [6.45, 7) is 2.62. The Morgan fingerprint density at radius 3 is 2.67 bits per heavy atom. The van der Waals surface area contributed by atoms with Gasteiger partial charge in [-0.1, -0.05) is 6.92 Å². The topological polar surface area (TPSA) is 98.2 Å². The molecule has 5 N–H and O–H groups in total. The smallest absolute Gasteiger partial charge is 0.248 e. The molecule has 6 heteroatoms. The number of carbonyl (C=O) groups is 1. The highest BCUT2D eigenvalue weighted by Crippen LogP contribution is 2.19. The van der Waals surface area contributed by atoms with Crippen molar-refractivity contribution in [2.24, 2.45) is 5.73 Å².